The van der Waals surface area contributed by atoms with E-state index in [9.17, 15) is 19.3 Å². The van der Waals surface area contributed by atoms with Crippen LogP contribution < -0.4 is 10.6 Å². The van der Waals surface area contributed by atoms with Gasteiger partial charge < -0.3 is 10.6 Å². The van der Waals surface area contributed by atoms with E-state index >= 15 is 0 Å². The molecule has 0 radical (unpaired) electrons. The Hall–Kier alpha value is -3.75. The highest BCUT2D eigenvalue weighted by molar-refractivity contribution is 5.94. The lowest BCUT2D eigenvalue weighted by Gasteiger charge is -2.33. The lowest BCUT2D eigenvalue weighted by atomic mass is 9.92. The van der Waals surface area contributed by atoms with Crippen molar-refractivity contribution in [2.45, 2.75) is 18.8 Å². The number of primary amides is 1. The van der Waals surface area contributed by atoms with Crippen LogP contribution in [0.4, 0.5) is 15.8 Å². The monoisotopic (exact) mass is 409 g/mol. The van der Waals surface area contributed by atoms with Crippen LogP contribution in [0.5, 0.6) is 0 Å². The maximum Gasteiger partial charge on any atom is 0.295 e. The molecule has 3 aromatic rings. The van der Waals surface area contributed by atoms with Crippen LogP contribution in [0.1, 0.15) is 34.8 Å². The molecule has 8 nitrogen and oxygen atoms in total. The van der Waals surface area contributed by atoms with E-state index in [-0.39, 0.29) is 11.6 Å². The summed E-state index contributed by atoms with van der Waals surface area (Å²) in [7, 11) is 0. The van der Waals surface area contributed by atoms with Gasteiger partial charge in [-0.1, -0.05) is 18.2 Å². The van der Waals surface area contributed by atoms with Crippen LogP contribution in [0.25, 0.3) is 5.69 Å². The predicted octanol–water partition coefficient (Wildman–Crippen LogP) is 3.40. The molecule has 30 heavy (non-hydrogen) atoms. The third-order valence-corrected chi connectivity index (χ3v) is 5.31. The quantitative estimate of drug-likeness (QED) is 0.513. The number of carbonyl (C=O) groups is 1. The van der Waals surface area contributed by atoms with E-state index in [2.05, 4.69) is 5.10 Å². The van der Waals surface area contributed by atoms with Crippen molar-refractivity contribution in [1.29, 1.82) is 0 Å². The second-order valence-corrected chi connectivity index (χ2v) is 7.25. The van der Waals surface area contributed by atoms with Gasteiger partial charge in [-0.15, -0.1) is 0 Å². The van der Waals surface area contributed by atoms with Crippen LogP contribution >= 0.6 is 0 Å². The molecule has 1 unspecified atom stereocenters. The molecule has 0 spiro atoms. The number of nitrogens with two attached hydrogens (primary N) is 1. The Morgan fingerprint density at radius 3 is 2.70 bits per heavy atom. The molecule has 1 aliphatic rings. The lowest BCUT2D eigenvalue weighted by molar-refractivity contribution is -0.384. The Morgan fingerprint density at radius 1 is 1.23 bits per heavy atom. The van der Waals surface area contributed by atoms with E-state index < -0.39 is 16.6 Å². The minimum atomic E-state index is -0.656. The van der Waals surface area contributed by atoms with Crippen LogP contribution in [0.3, 0.4) is 0 Å². The van der Waals surface area contributed by atoms with Gasteiger partial charge in [-0.05, 0) is 37.1 Å². The molecule has 1 saturated heterocycles. The van der Waals surface area contributed by atoms with Gasteiger partial charge in [0.25, 0.3) is 11.6 Å². The number of nitro benzene ring substituents is 1. The molecule has 0 bridgehead atoms. The summed E-state index contributed by atoms with van der Waals surface area (Å²) in [6.45, 7) is 1.01. The normalized spacial score (nSPS) is 16.4. The predicted molar refractivity (Wildman–Crippen MR) is 109 cm³/mol. The number of piperidine rings is 1. The van der Waals surface area contributed by atoms with Gasteiger partial charge in [0.2, 0.25) is 0 Å². The van der Waals surface area contributed by atoms with Crippen LogP contribution in [-0.2, 0) is 0 Å². The molecule has 1 aliphatic heterocycles. The third-order valence-electron chi connectivity index (χ3n) is 5.31. The number of benzene rings is 2. The smallest absolute Gasteiger partial charge is 0.295 e. The Bertz CT molecular complexity index is 1100. The molecular formula is C21H20FN5O3. The van der Waals surface area contributed by atoms with E-state index in [1.165, 1.54) is 12.1 Å². The first kappa shape index (κ1) is 19.6. The van der Waals surface area contributed by atoms with Gasteiger partial charge in [0.15, 0.2) is 0 Å². The fourth-order valence-electron chi connectivity index (χ4n) is 3.92. The Labute approximate surface area is 171 Å². The summed E-state index contributed by atoms with van der Waals surface area (Å²) in [4.78, 5) is 24.7. The standard InChI is InChI=1S/C21H20FN5O3/c22-15-8-9-18(19(11-15)27(29)30)25-10-4-5-14(12-25)20-17(21(23)28)13-26(24-20)16-6-2-1-3-7-16/h1-3,6-9,11,13-14H,4-5,10,12H2,(H2,23,28). The average Bonchev–Trinajstić information content (AvgIpc) is 3.20. The Balaban J connectivity index is 1.68. The van der Waals surface area contributed by atoms with Crippen molar-refractivity contribution in [3.05, 3.63) is 81.9 Å². The molecule has 0 aliphatic carbocycles. The van der Waals surface area contributed by atoms with Crippen molar-refractivity contribution >= 4 is 17.3 Å². The molecular weight excluding hydrogens is 389 g/mol. The zero-order valence-corrected chi connectivity index (χ0v) is 16.1. The molecule has 4 rings (SSSR count). The van der Waals surface area contributed by atoms with Crippen molar-refractivity contribution in [2.24, 2.45) is 5.73 Å². The summed E-state index contributed by atoms with van der Waals surface area (Å²) in [5.74, 6) is -1.37. The minimum Gasteiger partial charge on any atom is -0.365 e. The number of anilines is 1. The summed E-state index contributed by atoms with van der Waals surface area (Å²) in [6.07, 6.45) is 3.12. The van der Waals surface area contributed by atoms with Crippen LogP contribution in [0.2, 0.25) is 0 Å². The zero-order valence-electron chi connectivity index (χ0n) is 16.1. The van der Waals surface area contributed by atoms with E-state index in [0.717, 1.165) is 24.6 Å². The molecule has 1 atom stereocenters. The first-order valence-electron chi connectivity index (χ1n) is 9.57. The van der Waals surface area contributed by atoms with Gasteiger partial charge >= 0.3 is 0 Å². The highest BCUT2D eigenvalue weighted by Crippen LogP contribution is 2.35. The summed E-state index contributed by atoms with van der Waals surface area (Å²) in [5, 5.41) is 16.0. The molecule has 1 fully saturated rings. The summed E-state index contributed by atoms with van der Waals surface area (Å²) in [6, 6.07) is 12.9. The maximum atomic E-state index is 13.5. The highest BCUT2D eigenvalue weighted by atomic mass is 19.1. The number of carbonyl (C=O) groups excluding carboxylic acids is 1. The molecule has 2 N–H and O–H groups in total. The van der Waals surface area contributed by atoms with Gasteiger partial charge in [-0.25, -0.2) is 9.07 Å². The number of hydrogen-bond acceptors (Lipinski definition) is 5. The fraction of sp³-hybridized carbons (Fsp3) is 0.238. The van der Waals surface area contributed by atoms with Crippen LogP contribution in [-0.4, -0.2) is 33.7 Å². The summed E-state index contributed by atoms with van der Waals surface area (Å²) < 4.78 is 15.2. The number of rotatable bonds is 5. The first-order chi connectivity index (χ1) is 14.4. The lowest BCUT2D eigenvalue weighted by Crippen LogP contribution is -2.35. The zero-order chi connectivity index (χ0) is 21.3. The molecule has 9 heteroatoms. The largest absolute Gasteiger partial charge is 0.365 e. The van der Waals surface area contributed by atoms with Crippen LogP contribution in [0.15, 0.2) is 54.7 Å². The van der Waals surface area contributed by atoms with E-state index in [4.69, 9.17) is 5.73 Å². The summed E-state index contributed by atoms with van der Waals surface area (Å²) >= 11 is 0. The van der Waals surface area contributed by atoms with Crippen molar-refractivity contribution in [1.82, 2.24) is 9.78 Å². The number of amides is 1. The van der Waals surface area contributed by atoms with Gasteiger partial charge in [0.1, 0.15) is 11.5 Å². The van der Waals surface area contributed by atoms with Crippen molar-refractivity contribution in [3.63, 3.8) is 0 Å². The minimum absolute atomic E-state index is 0.143. The number of halogens is 1. The molecule has 1 aromatic heterocycles. The van der Waals surface area contributed by atoms with E-state index in [1.807, 2.05) is 35.2 Å². The second kappa shape index (κ2) is 7.94. The molecule has 0 saturated carbocycles. The maximum absolute atomic E-state index is 13.5. The highest BCUT2D eigenvalue weighted by Gasteiger charge is 2.30. The molecule has 154 valence electrons. The van der Waals surface area contributed by atoms with E-state index in [0.29, 0.717) is 30.0 Å². The average molecular weight is 409 g/mol. The summed E-state index contributed by atoms with van der Waals surface area (Å²) in [5.41, 5.74) is 7.38. The van der Waals surface area contributed by atoms with Crippen molar-refractivity contribution in [2.75, 3.05) is 18.0 Å². The number of para-hydroxylation sites is 1. The van der Waals surface area contributed by atoms with Gasteiger partial charge in [0.05, 0.1) is 27.9 Å². The molecule has 2 aromatic carbocycles. The van der Waals surface area contributed by atoms with Crippen molar-refractivity contribution in [3.8, 4) is 5.69 Å². The topological polar surface area (TPSA) is 107 Å². The van der Waals surface area contributed by atoms with E-state index in [1.54, 1.807) is 10.9 Å². The number of aromatic nitrogens is 2. The number of hydrogen-bond donors (Lipinski definition) is 1. The second-order valence-electron chi connectivity index (χ2n) is 7.25. The number of nitro groups is 1. The number of nitrogens with zero attached hydrogens (tertiary/aromatic N) is 4. The van der Waals surface area contributed by atoms with Gasteiger partial charge in [-0.2, -0.15) is 5.10 Å². The SMILES string of the molecule is NC(=O)c1cn(-c2ccccc2)nc1C1CCCN(c2ccc(F)cc2[N+](=O)[O-])C1. The fourth-order valence-corrected chi connectivity index (χ4v) is 3.92. The molecule has 1 amide bonds. The first-order valence-corrected chi connectivity index (χ1v) is 9.57. The van der Waals surface area contributed by atoms with Crippen molar-refractivity contribution < 1.29 is 14.1 Å². The Kier molecular flexibility index (Phi) is 5.18. The van der Waals surface area contributed by atoms with Gasteiger partial charge in [-0.3, -0.25) is 14.9 Å². The molecule has 2 heterocycles. The third kappa shape index (κ3) is 3.73. The Morgan fingerprint density at radius 2 is 2.00 bits per heavy atom. The van der Waals surface area contributed by atoms with Gasteiger partial charge in [0, 0.05) is 25.2 Å². The van der Waals surface area contributed by atoms with Crippen LogP contribution in [0, 0.1) is 15.9 Å².